The first-order valence-electron chi connectivity index (χ1n) is 7.13. The number of carbonyl (C=O) groups is 1. The van der Waals surface area contributed by atoms with E-state index in [2.05, 4.69) is 13.5 Å². The molecule has 2 heterocycles. The van der Waals surface area contributed by atoms with Crippen LogP contribution in [0, 0.1) is 11.8 Å². The fourth-order valence-electron chi connectivity index (χ4n) is 4.92. The molecule has 1 spiro atoms. The zero-order valence-corrected chi connectivity index (χ0v) is 11.4. The molecule has 4 fully saturated rings. The third-order valence-electron chi connectivity index (χ3n) is 6.05. The van der Waals surface area contributed by atoms with E-state index in [1.165, 1.54) is 0 Å². The Morgan fingerprint density at radius 2 is 2.05 bits per heavy atom. The highest BCUT2D eigenvalue weighted by molar-refractivity contribution is 5.91. The molecular formula is C15H20O4. The molecule has 0 aromatic rings. The molecule has 0 aromatic heterocycles. The average molecular weight is 264 g/mol. The third kappa shape index (κ3) is 1.20. The first-order chi connectivity index (χ1) is 8.81. The van der Waals surface area contributed by atoms with Gasteiger partial charge in [-0.15, -0.1) is 0 Å². The van der Waals surface area contributed by atoms with Crippen LogP contribution in [0.15, 0.2) is 12.2 Å². The topological polar surface area (TPSA) is 59.1 Å². The van der Waals surface area contributed by atoms with Gasteiger partial charge < -0.3 is 14.6 Å². The minimum absolute atomic E-state index is 0.0483. The lowest BCUT2D eigenvalue weighted by Gasteiger charge is -2.33. The van der Waals surface area contributed by atoms with Crippen molar-refractivity contribution >= 4 is 5.97 Å². The van der Waals surface area contributed by atoms with Gasteiger partial charge in [-0.25, -0.2) is 4.79 Å². The van der Waals surface area contributed by atoms with Crippen LogP contribution in [0.5, 0.6) is 0 Å². The van der Waals surface area contributed by atoms with Crippen molar-refractivity contribution in [3.05, 3.63) is 12.2 Å². The second kappa shape index (κ2) is 3.07. The van der Waals surface area contributed by atoms with Gasteiger partial charge in [-0.05, 0) is 39.5 Å². The lowest BCUT2D eigenvalue weighted by molar-refractivity contribution is -0.147. The van der Waals surface area contributed by atoms with Crippen molar-refractivity contribution in [3.8, 4) is 0 Å². The summed E-state index contributed by atoms with van der Waals surface area (Å²) in [5.74, 6) is -0.370. The van der Waals surface area contributed by atoms with Crippen LogP contribution in [0.3, 0.4) is 0 Å². The fraction of sp³-hybridized carbons (Fsp3) is 0.800. The van der Waals surface area contributed by atoms with Crippen molar-refractivity contribution in [2.24, 2.45) is 11.8 Å². The van der Waals surface area contributed by atoms with E-state index in [0.717, 1.165) is 19.3 Å². The summed E-state index contributed by atoms with van der Waals surface area (Å²) < 4.78 is 11.7. The molecule has 0 amide bonds. The largest absolute Gasteiger partial charge is 0.458 e. The van der Waals surface area contributed by atoms with Crippen LogP contribution in [-0.4, -0.2) is 34.0 Å². The number of ether oxygens (including phenoxy) is 2. The first kappa shape index (κ1) is 11.9. The van der Waals surface area contributed by atoms with E-state index in [0.29, 0.717) is 12.0 Å². The quantitative estimate of drug-likeness (QED) is 0.410. The molecule has 2 aliphatic carbocycles. The molecule has 0 unspecified atom stereocenters. The highest BCUT2D eigenvalue weighted by atomic mass is 16.6. The molecule has 4 nitrogen and oxygen atoms in total. The van der Waals surface area contributed by atoms with E-state index in [9.17, 15) is 9.90 Å². The molecule has 2 aliphatic heterocycles. The van der Waals surface area contributed by atoms with Crippen molar-refractivity contribution in [2.45, 2.75) is 62.4 Å². The van der Waals surface area contributed by atoms with E-state index in [1.54, 1.807) is 0 Å². The molecule has 2 saturated carbocycles. The van der Waals surface area contributed by atoms with Gasteiger partial charge in [-0.1, -0.05) is 6.58 Å². The summed E-state index contributed by atoms with van der Waals surface area (Å²) in [6.45, 7) is 7.87. The Balaban J connectivity index is 1.82. The van der Waals surface area contributed by atoms with Gasteiger partial charge in [-0.2, -0.15) is 0 Å². The minimum atomic E-state index is -0.823. The van der Waals surface area contributed by atoms with Crippen LogP contribution in [0.1, 0.15) is 39.5 Å². The molecule has 19 heavy (non-hydrogen) atoms. The Morgan fingerprint density at radius 3 is 2.79 bits per heavy atom. The smallest absolute Gasteiger partial charge is 0.334 e. The van der Waals surface area contributed by atoms with E-state index < -0.39 is 5.60 Å². The van der Waals surface area contributed by atoms with E-state index in [1.807, 2.05) is 6.92 Å². The van der Waals surface area contributed by atoms with E-state index >= 15 is 0 Å². The molecule has 4 heteroatoms. The molecule has 1 N–H and O–H groups in total. The summed E-state index contributed by atoms with van der Waals surface area (Å²) in [4.78, 5) is 11.8. The van der Waals surface area contributed by atoms with Crippen molar-refractivity contribution in [1.29, 1.82) is 0 Å². The van der Waals surface area contributed by atoms with Crippen LogP contribution in [-0.2, 0) is 14.3 Å². The van der Waals surface area contributed by atoms with Crippen LogP contribution >= 0.6 is 0 Å². The zero-order chi connectivity index (χ0) is 13.6. The molecule has 0 aromatic carbocycles. The molecule has 6 atom stereocenters. The van der Waals surface area contributed by atoms with Gasteiger partial charge in [0, 0.05) is 11.5 Å². The van der Waals surface area contributed by atoms with Crippen molar-refractivity contribution in [2.75, 3.05) is 0 Å². The van der Waals surface area contributed by atoms with Crippen LogP contribution in [0.4, 0.5) is 0 Å². The number of fused-ring (bicyclic) bond motifs is 2. The molecule has 4 rings (SSSR count). The van der Waals surface area contributed by atoms with Crippen LogP contribution < -0.4 is 0 Å². The van der Waals surface area contributed by atoms with E-state index in [4.69, 9.17) is 9.47 Å². The Bertz CT molecular complexity index is 496. The predicted octanol–water partition coefficient (Wildman–Crippen LogP) is 1.57. The van der Waals surface area contributed by atoms with Gasteiger partial charge in [0.25, 0.3) is 0 Å². The second-order valence-electron chi connectivity index (χ2n) is 7.10. The van der Waals surface area contributed by atoms with E-state index in [-0.39, 0.29) is 35.1 Å². The van der Waals surface area contributed by atoms with Crippen molar-refractivity contribution < 1.29 is 19.4 Å². The number of rotatable bonds is 0. The average Bonchev–Trinajstić information content (AvgIpc) is 2.70. The summed E-state index contributed by atoms with van der Waals surface area (Å²) in [5, 5.41) is 10.7. The number of esters is 1. The monoisotopic (exact) mass is 264 g/mol. The normalized spacial score (nSPS) is 59.0. The summed E-state index contributed by atoms with van der Waals surface area (Å²) in [6.07, 6.45) is 3.08. The summed E-state index contributed by atoms with van der Waals surface area (Å²) in [5.41, 5.74) is -0.695. The molecule has 2 saturated heterocycles. The maximum Gasteiger partial charge on any atom is 0.334 e. The van der Waals surface area contributed by atoms with Gasteiger partial charge in [-0.3, -0.25) is 0 Å². The number of hydrogen-bond donors (Lipinski definition) is 1. The molecule has 0 bridgehead atoms. The lowest BCUT2D eigenvalue weighted by Crippen LogP contribution is -2.46. The summed E-state index contributed by atoms with van der Waals surface area (Å²) in [6, 6.07) is 0. The van der Waals surface area contributed by atoms with Crippen LogP contribution in [0.2, 0.25) is 0 Å². The third-order valence-corrected chi connectivity index (χ3v) is 6.05. The molecule has 0 radical (unpaired) electrons. The number of carbonyl (C=O) groups excluding carboxylic acids is 1. The van der Waals surface area contributed by atoms with Gasteiger partial charge >= 0.3 is 5.97 Å². The summed E-state index contributed by atoms with van der Waals surface area (Å²) >= 11 is 0. The van der Waals surface area contributed by atoms with Crippen molar-refractivity contribution in [1.82, 2.24) is 0 Å². The number of hydrogen-bond acceptors (Lipinski definition) is 4. The van der Waals surface area contributed by atoms with Gasteiger partial charge in [0.15, 0.2) is 0 Å². The lowest BCUT2D eigenvalue weighted by atomic mass is 9.76. The van der Waals surface area contributed by atoms with Gasteiger partial charge in [0.05, 0.1) is 17.1 Å². The Kier molecular flexibility index (Phi) is 1.92. The fourth-order valence-corrected chi connectivity index (χ4v) is 4.92. The Hall–Kier alpha value is -0.870. The van der Waals surface area contributed by atoms with Crippen molar-refractivity contribution in [3.63, 3.8) is 0 Å². The Morgan fingerprint density at radius 1 is 1.32 bits per heavy atom. The molecule has 4 aliphatic rings. The van der Waals surface area contributed by atoms with Gasteiger partial charge in [0.2, 0.25) is 0 Å². The molecule has 104 valence electrons. The maximum absolute atomic E-state index is 11.8. The highest BCUT2D eigenvalue weighted by Gasteiger charge is 2.79. The second-order valence-corrected chi connectivity index (χ2v) is 7.10. The summed E-state index contributed by atoms with van der Waals surface area (Å²) in [7, 11) is 0. The maximum atomic E-state index is 11.8. The van der Waals surface area contributed by atoms with Gasteiger partial charge in [0.1, 0.15) is 11.7 Å². The minimum Gasteiger partial charge on any atom is -0.458 e. The SMILES string of the molecule is C=C1C(=O)O[C@@H]2[C@@H]3[C@]4(CC[C@@]3(C)O)O[C@@]4(C)CC[C@@H]12. The standard InChI is InChI=1S/C15H20O4/c1-8-9-4-5-14(3)15(19-14)7-6-13(2,17)11(15)10(9)18-12(8)16/h9-11,17H,1,4-7H2,2-3H3/t9-,10-,11-,13+,14-,15-/m0/s1. The highest BCUT2D eigenvalue weighted by Crippen LogP contribution is 2.69. The zero-order valence-electron chi connectivity index (χ0n) is 11.4. The number of epoxide rings is 1. The Labute approximate surface area is 112 Å². The van der Waals surface area contributed by atoms with Crippen LogP contribution in [0.25, 0.3) is 0 Å². The number of aliphatic hydroxyl groups is 1. The predicted molar refractivity (Wildman–Crippen MR) is 67.3 cm³/mol. The first-order valence-corrected chi connectivity index (χ1v) is 7.13. The molecular weight excluding hydrogens is 244 g/mol.